The molecule has 1 aliphatic heterocycles. The molecule has 0 bridgehead atoms. The van der Waals surface area contributed by atoms with Gasteiger partial charge in [-0.2, -0.15) is 0 Å². The lowest BCUT2D eigenvalue weighted by Crippen LogP contribution is -2.20. The van der Waals surface area contributed by atoms with Gasteiger partial charge in [-0.15, -0.1) is 0 Å². The summed E-state index contributed by atoms with van der Waals surface area (Å²) in [5.41, 5.74) is 4.78. The van der Waals surface area contributed by atoms with Crippen molar-refractivity contribution in [1.82, 2.24) is 0 Å². The van der Waals surface area contributed by atoms with Gasteiger partial charge in [0.25, 0.3) is 0 Å². The summed E-state index contributed by atoms with van der Waals surface area (Å²) in [6.45, 7) is 8.73. The third kappa shape index (κ3) is 2.23. The van der Waals surface area contributed by atoms with Crippen molar-refractivity contribution < 1.29 is 9.53 Å². The van der Waals surface area contributed by atoms with Crippen LogP contribution in [0.15, 0.2) is 22.3 Å². The number of esters is 1. The predicted octanol–water partition coefficient (Wildman–Crippen LogP) is 5.09. The molecule has 0 aromatic carbocycles. The van der Waals surface area contributed by atoms with Gasteiger partial charge in [0.2, 0.25) is 0 Å². The van der Waals surface area contributed by atoms with Crippen molar-refractivity contribution in [3.05, 3.63) is 22.3 Å². The van der Waals surface area contributed by atoms with Crippen molar-refractivity contribution in [3.63, 3.8) is 0 Å². The Morgan fingerprint density at radius 1 is 0.750 bits per heavy atom. The number of hydrogen-bond acceptors (Lipinski definition) is 2. The summed E-state index contributed by atoms with van der Waals surface area (Å²) >= 11 is 0. The van der Waals surface area contributed by atoms with E-state index in [0.717, 1.165) is 56.9 Å². The summed E-state index contributed by atoms with van der Waals surface area (Å²) in [4.78, 5) is 12.3. The van der Waals surface area contributed by atoms with Crippen molar-refractivity contribution in [2.24, 2.45) is 0 Å². The molecule has 112 valence electrons. The molecule has 1 aliphatic carbocycles. The fourth-order valence-corrected chi connectivity index (χ4v) is 3.69. The van der Waals surface area contributed by atoms with Crippen molar-refractivity contribution in [2.75, 3.05) is 0 Å². The van der Waals surface area contributed by atoms with Gasteiger partial charge in [-0.3, -0.25) is 0 Å². The summed E-state index contributed by atoms with van der Waals surface area (Å²) in [6.07, 6.45) is 8.38. The normalized spacial score (nSPS) is 20.1. The molecule has 0 aromatic rings. The molecule has 2 rings (SSSR count). The Hall–Kier alpha value is -1.05. The van der Waals surface area contributed by atoms with Crippen LogP contribution < -0.4 is 0 Å². The molecule has 0 saturated carbocycles. The monoisotopic (exact) mass is 276 g/mol. The van der Waals surface area contributed by atoms with E-state index in [0.29, 0.717) is 0 Å². The molecule has 0 radical (unpaired) electrons. The van der Waals surface area contributed by atoms with E-state index in [9.17, 15) is 4.79 Å². The predicted molar refractivity (Wildman–Crippen MR) is 82.5 cm³/mol. The standard InChI is InChI=1S/C18H28O2/c1-5-9-13-14(10-6-2)18(20-17(13)19)15(11-7-3)16(18)12-8-4/h5-12H2,1-4H3. The van der Waals surface area contributed by atoms with Gasteiger partial charge in [0, 0.05) is 5.57 Å². The molecule has 2 heteroatoms. The zero-order chi connectivity index (χ0) is 14.8. The number of ether oxygens (including phenoxy) is 1. The van der Waals surface area contributed by atoms with E-state index in [1.165, 1.54) is 16.7 Å². The lowest BCUT2D eigenvalue weighted by Gasteiger charge is -2.18. The van der Waals surface area contributed by atoms with Gasteiger partial charge in [0.1, 0.15) is 0 Å². The SMILES string of the molecule is CCCC1=C(CCC)C2(OC1=O)C(CCC)=C2CCC. The Labute approximate surface area is 123 Å². The molecule has 0 unspecified atom stereocenters. The van der Waals surface area contributed by atoms with E-state index in [4.69, 9.17) is 4.74 Å². The van der Waals surface area contributed by atoms with Gasteiger partial charge in [0.05, 0.1) is 0 Å². The number of carbonyl (C=O) groups excluding carboxylic acids is 1. The first-order chi connectivity index (χ1) is 9.67. The van der Waals surface area contributed by atoms with Gasteiger partial charge in [-0.25, -0.2) is 4.79 Å². The molecular formula is C18H28O2. The maximum absolute atomic E-state index is 12.3. The van der Waals surface area contributed by atoms with Crippen LogP contribution in [0.1, 0.15) is 79.1 Å². The Morgan fingerprint density at radius 2 is 1.20 bits per heavy atom. The molecule has 1 spiro atoms. The lowest BCUT2D eigenvalue weighted by atomic mass is 9.91. The summed E-state index contributed by atoms with van der Waals surface area (Å²) in [5, 5.41) is 0. The fourth-order valence-electron chi connectivity index (χ4n) is 3.69. The highest BCUT2D eigenvalue weighted by atomic mass is 16.6. The third-order valence-corrected chi connectivity index (χ3v) is 4.43. The Bertz CT molecular complexity index is 438. The molecular weight excluding hydrogens is 248 g/mol. The fraction of sp³-hybridized carbons (Fsp3) is 0.722. The Morgan fingerprint density at radius 3 is 1.65 bits per heavy atom. The number of rotatable bonds is 8. The minimum atomic E-state index is -0.344. The maximum atomic E-state index is 12.3. The molecule has 0 amide bonds. The van der Waals surface area contributed by atoms with E-state index in [2.05, 4.69) is 27.7 Å². The molecule has 1 heterocycles. The molecule has 20 heavy (non-hydrogen) atoms. The second-order valence-electron chi connectivity index (χ2n) is 5.98. The molecule has 0 saturated heterocycles. The van der Waals surface area contributed by atoms with Crippen LogP contribution in [-0.2, 0) is 9.53 Å². The maximum Gasteiger partial charge on any atom is 0.335 e. The minimum Gasteiger partial charge on any atom is -0.442 e. The Balaban J connectivity index is 2.34. The van der Waals surface area contributed by atoms with E-state index in [1.54, 1.807) is 0 Å². The number of hydrogen-bond donors (Lipinski definition) is 0. The highest BCUT2D eigenvalue weighted by Gasteiger charge is 2.61. The van der Waals surface area contributed by atoms with Crippen molar-refractivity contribution in [3.8, 4) is 0 Å². The number of carbonyl (C=O) groups is 1. The van der Waals surface area contributed by atoms with E-state index >= 15 is 0 Å². The molecule has 2 aliphatic rings. The first kappa shape index (κ1) is 15.3. The van der Waals surface area contributed by atoms with Gasteiger partial charge < -0.3 is 4.74 Å². The van der Waals surface area contributed by atoms with Crippen LogP contribution in [0.2, 0.25) is 0 Å². The van der Waals surface area contributed by atoms with Crippen LogP contribution in [0.4, 0.5) is 0 Å². The van der Waals surface area contributed by atoms with E-state index in [-0.39, 0.29) is 11.6 Å². The van der Waals surface area contributed by atoms with Gasteiger partial charge in [0.15, 0.2) is 5.60 Å². The minimum absolute atomic E-state index is 0.0463. The zero-order valence-corrected chi connectivity index (χ0v) is 13.5. The first-order valence-electron chi connectivity index (χ1n) is 8.36. The van der Waals surface area contributed by atoms with E-state index in [1.807, 2.05) is 0 Å². The van der Waals surface area contributed by atoms with Gasteiger partial charge in [-0.05, 0) is 42.4 Å². The van der Waals surface area contributed by atoms with Crippen molar-refractivity contribution in [1.29, 1.82) is 0 Å². The third-order valence-electron chi connectivity index (χ3n) is 4.43. The van der Waals surface area contributed by atoms with Crippen LogP contribution in [0, 0.1) is 0 Å². The average molecular weight is 276 g/mol. The largest absolute Gasteiger partial charge is 0.442 e. The topological polar surface area (TPSA) is 26.3 Å². The van der Waals surface area contributed by atoms with Crippen LogP contribution in [0.3, 0.4) is 0 Å². The highest BCUT2D eigenvalue weighted by molar-refractivity contribution is 5.96. The molecule has 0 N–H and O–H groups in total. The second kappa shape index (κ2) is 6.15. The van der Waals surface area contributed by atoms with Crippen LogP contribution in [0.5, 0.6) is 0 Å². The van der Waals surface area contributed by atoms with Crippen LogP contribution in [-0.4, -0.2) is 11.6 Å². The van der Waals surface area contributed by atoms with Gasteiger partial charge in [-0.1, -0.05) is 53.4 Å². The quantitative estimate of drug-likeness (QED) is 0.456. The molecule has 2 nitrogen and oxygen atoms in total. The second-order valence-corrected chi connectivity index (χ2v) is 5.98. The molecule has 0 aromatic heterocycles. The summed E-state index contributed by atoms with van der Waals surface area (Å²) in [7, 11) is 0. The summed E-state index contributed by atoms with van der Waals surface area (Å²) in [5.74, 6) is -0.0463. The van der Waals surface area contributed by atoms with Crippen LogP contribution >= 0.6 is 0 Å². The van der Waals surface area contributed by atoms with Crippen molar-refractivity contribution >= 4 is 5.97 Å². The first-order valence-corrected chi connectivity index (χ1v) is 8.36. The smallest absolute Gasteiger partial charge is 0.335 e. The van der Waals surface area contributed by atoms with Crippen molar-refractivity contribution in [2.45, 2.75) is 84.7 Å². The zero-order valence-electron chi connectivity index (χ0n) is 13.5. The molecule has 0 fully saturated rings. The van der Waals surface area contributed by atoms with Crippen LogP contribution in [0.25, 0.3) is 0 Å². The van der Waals surface area contributed by atoms with Gasteiger partial charge >= 0.3 is 5.97 Å². The summed E-state index contributed by atoms with van der Waals surface area (Å²) in [6, 6.07) is 0. The molecule has 0 atom stereocenters. The lowest BCUT2D eigenvalue weighted by molar-refractivity contribution is -0.140. The average Bonchev–Trinajstić information content (AvgIpc) is 2.91. The Kier molecular flexibility index (Phi) is 4.72. The van der Waals surface area contributed by atoms with E-state index < -0.39 is 0 Å². The highest BCUT2D eigenvalue weighted by Crippen LogP contribution is 2.61. The summed E-state index contributed by atoms with van der Waals surface area (Å²) < 4.78 is 5.93.